The number of piperidine rings is 1. The number of nitrogens with one attached hydrogen (secondary N) is 2. The Balaban J connectivity index is 1.63. The predicted molar refractivity (Wildman–Crippen MR) is 114 cm³/mol. The van der Waals surface area contributed by atoms with E-state index in [-0.39, 0.29) is 12.5 Å². The molecule has 2 amide bonds. The summed E-state index contributed by atoms with van der Waals surface area (Å²) in [5.41, 5.74) is 7.98. The molecule has 0 atom stereocenters. The molecule has 7 nitrogen and oxygen atoms in total. The van der Waals surface area contributed by atoms with Crippen molar-refractivity contribution in [1.82, 2.24) is 5.32 Å². The van der Waals surface area contributed by atoms with Gasteiger partial charge in [0.1, 0.15) is 6.54 Å². The molecule has 0 spiro atoms. The number of benzene rings is 2. The molecular formula is C23H30N3O4+. The van der Waals surface area contributed by atoms with Crippen LogP contribution in [0.15, 0.2) is 42.5 Å². The Hall–Kier alpha value is -3.06. The summed E-state index contributed by atoms with van der Waals surface area (Å²) in [5.74, 6) is -0.0421. The number of amides is 2. The van der Waals surface area contributed by atoms with Crippen LogP contribution in [0.4, 0.5) is 0 Å². The molecule has 0 saturated carbocycles. The van der Waals surface area contributed by atoms with Crippen molar-refractivity contribution in [2.24, 2.45) is 5.73 Å². The summed E-state index contributed by atoms with van der Waals surface area (Å²) < 4.78 is 10.6. The van der Waals surface area contributed by atoms with Gasteiger partial charge < -0.3 is 25.4 Å². The fraction of sp³-hybridized carbons (Fsp3) is 0.391. The van der Waals surface area contributed by atoms with Crippen LogP contribution < -0.4 is 25.4 Å². The van der Waals surface area contributed by atoms with Gasteiger partial charge in [-0.3, -0.25) is 9.59 Å². The first-order valence-corrected chi connectivity index (χ1v) is 10.3. The van der Waals surface area contributed by atoms with Gasteiger partial charge in [-0.15, -0.1) is 0 Å². The first-order chi connectivity index (χ1) is 14.6. The highest BCUT2D eigenvalue weighted by Crippen LogP contribution is 2.28. The number of quaternary nitrogens is 1. The lowest BCUT2D eigenvalue weighted by molar-refractivity contribution is -0.918. The van der Waals surface area contributed by atoms with Crippen molar-refractivity contribution in [3.63, 3.8) is 0 Å². The number of rotatable bonds is 9. The summed E-state index contributed by atoms with van der Waals surface area (Å²) >= 11 is 0. The molecule has 0 radical (unpaired) electrons. The van der Waals surface area contributed by atoms with Crippen molar-refractivity contribution in [2.45, 2.75) is 32.4 Å². The number of methoxy groups -OCH3 is 1. The van der Waals surface area contributed by atoms with Crippen molar-refractivity contribution >= 4 is 11.8 Å². The Morgan fingerprint density at radius 1 is 1.03 bits per heavy atom. The lowest BCUT2D eigenvalue weighted by atomic mass is 10.0. The van der Waals surface area contributed by atoms with Gasteiger partial charge in [0, 0.05) is 17.7 Å². The maximum Gasteiger partial charge on any atom is 0.255 e. The summed E-state index contributed by atoms with van der Waals surface area (Å²) in [4.78, 5) is 25.2. The highest BCUT2D eigenvalue weighted by atomic mass is 16.5. The highest BCUT2D eigenvalue weighted by Gasteiger charge is 2.16. The zero-order valence-electron chi connectivity index (χ0n) is 17.4. The molecule has 7 heteroatoms. The molecule has 160 valence electrons. The normalized spacial score (nSPS) is 14.2. The first-order valence-electron chi connectivity index (χ1n) is 10.3. The van der Waals surface area contributed by atoms with Crippen LogP contribution in [0, 0.1) is 0 Å². The Labute approximate surface area is 177 Å². The van der Waals surface area contributed by atoms with Gasteiger partial charge in [0.05, 0.1) is 20.2 Å². The summed E-state index contributed by atoms with van der Waals surface area (Å²) in [7, 11) is 1.48. The number of carbonyl (C=O) groups is 2. The van der Waals surface area contributed by atoms with Gasteiger partial charge in [-0.1, -0.05) is 24.3 Å². The van der Waals surface area contributed by atoms with Crippen molar-refractivity contribution < 1.29 is 24.0 Å². The van der Waals surface area contributed by atoms with E-state index in [0.29, 0.717) is 23.6 Å². The highest BCUT2D eigenvalue weighted by molar-refractivity contribution is 5.94. The summed E-state index contributed by atoms with van der Waals surface area (Å²) in [6.07, 6.45) is 3.90. The van der Waals surface area contributed by atoms with Crippen LogP contribution in [-0.2, 0) is 17.9 Å². The number of hydrogen-bond donors (Lipinski definition) is 3. The van der Waals surface area contributed by atoms with E-state index < -0.39 is 5.91 Å². The minimum atomic E-state index is -0.580. The predicted octanol–water partition coefficient (Wildman–Crippen LogP) is 1.06. The number of carbonyl (C=O) groups excluding carboxylic acids is 2. The largest absolute Gasteiger partial charge is 0.493 e. The van der Waals surface area contributed by atoms with E-state index in [1.807, 2.05) is 6.07 Å². The minimum Gasteiger partial charge on any atom is -0.493 e. The maximum atomic E-state index is 12.7. The molecule has 1 fully saturated rings. The molecule has 1 saturated heterocycles. The third-order valence-electron chi connectivity index (χ3n) is 5.35. The van der Waals surface area contributed by atoms with Gasteiger partial charge >= 0.3 is 0 Å². The van der Waals surface area contributed by atoms with Gasteiger partial charge in [0.2, 0.25) is 0 Å². The van der Waals surface area contributed by atoms with Crippen LogP contribution in [0.2, 0.25) is 0 Å². The quantitative estimate of drug-likeness (QED) is 0.574. The second kappa shape index (κ2) is 10.6. The van der Waals surface area contributed by atoms with Crippen LogP contribution in [0.25, 0.3) is 0 Å². The van der Waals surface area contributed by atoms with Crippen molar-refractivity contribution in [3.8, 4) is 11.5 Å². The average Bonchev–Trinajstić information content (AvgIpc) is 2.77. The van der Waals surface area contributed by atoms with Crippen molar-refractivity contribution in [2.75, 3.05) is 26.8 Å². The van der Waals surface area contributed by atoms with Crippen molar-refractivity contribution in [3.05, 3.63) is 59.2 Å². The number of primary amides is 1. The van der Waals surface area contributed by atoms with Crippen LogP contribution >= 0.6 is 0 Å². The molecule has 1 heterocycles. The zero-order chi connectivity index (χ0) is 21.3. The Morgan fingerprint density at radius 2 is 1.77 bits per heavy atom. The molecule has 30 heavy (non-hydrogen) atoms. The summed E-state index contributed by atoms with van der Waals surface area (Å²) in [6, 6.07) is 13.1. The van der Waals surface area contributed by atoms with E-state index >= 15 is 0 Å². The number of ether oxygens (including phenoxy) is 2. The molecular weight excluding hydrogens is 382 g/mol. The Morgan fingerprint density at radius 3 is 2.47 bits per heavy atom. The van der Waals surface area contributed by atoms with E-state index in [9.17, 15) is 9.59 Å². The van der Waals surface area contributed by atoms with Gasteiger partial charge in [0.15, 0.2) is 18.1 Å². The molecule has 4 N–H and O–H groups in total. The van der Waals surface area contributed by atoms with Crippen LogP contribution in [0.5, 0.6) is 11.5 Å². The lowest BCUT2D eigenvalue weighted by Gasteiger charge is -2.24. The minimum absolute atomic E-state index is 0.199. The topological polar surface area (TPSA) is 95.1 Å². The van der Waals surface area contributed by atoms with Gasteiger partial charge in [-0.2, -0.15) is 0 Å². The fourth-order valence-electron chi connectivity index (χ4n) is 3.75. The van der Waals surface area contributed by atoms with E-state index in [4.69, 9.17) is 15.2 Å². The Kier molecular flexibility index (Phi) is 7.68. The fourth-order valence-corrected chi connectivity index (χ4v) is 3.75. The molecule has 1 aliphatic rings. The number of likely N-dealkylation sites (tertiary alicyclic amines) is 1. The van der Waals surface area contributed by atoms with Crippen molar-refractivity contribution in [1.29, 1.82) is 0 Å². The SMILES string of the molecule is COc1cc(C(=O)NCc2ccccc2C[NH+]2CCCCC2)ccc1OCC(N)=O. The smallest absolute Gasteiger partial charge is 0.255 e. The van der Waals surface area contributed by atoms with E-state index in [1.165, 1.54) is 45.0 Å². The van der Waals surface area contributed by atoms with Gasteiger partial charge in [-0.25, -0.2) is 0 Å². The molecule has 0 aromatic heterocycles. The lowest BCUT2D eigenvalue weighted by Crippen LogP contribution is -3.11. The molecule has 3 rings (SSSR count). The number of hydrogen-bond acceptors (Lipinski definition) is 4. The summed E-state index contributed by atoms with van der Waals surface area (Å²) in [6.45, 7) is 3.63. The molecule has 0 aliphatic carbocycles. The maximum absolute atomic E-state index is 12.7. The van der Waals surface area contributed by atoms with Crippen LogP contribution in [-0.4, -0.2) is 38.6 Å². The second-order valence-corrected chi connectivity index (χ2v) is 7.56. The van der Waals surface area contributed by atoms with Crippen LogP contribution in [0.1, 0.15) is 40.7 Å². The summed E-state index contributed by atoms with van der Waals surface area (Å²) in [5, 5.41) is 3.00. The standard InChI is InChI=1S/C23H29N3O4/c1-29-21-13-17(9-10-20(21)30-16-22(24)27)23(28)25-14-18-7-3-4-8-19(18)15-26-11-5-2-6-12-26/h3-4,7-10,13H,2,5-6,11-12,14-16H2,1H3,(H2,24,27)(H,25,28)/p+1. The Bertz CT molecular complexity index is 879. The molecule has 0 unspecified atom stereocenters. The average molecular weight is 413 g/mol. The second-order valence-electron chi connectivity index (χ2n) is 7.56. The van der Waals surface area contributed by atoms with Gasteiger partial charge in [0.25, 0.3) is 11.8 Å². The third kappa shape index (κ3) is 5.97. The first kappa shape index (κ1) is 21.6. The third-order valence-corrected chi connectivity index (χ3v) is 5.35. The van der Waals surface area contributed by atoms with Gasteiger partial charge in [-0.05, 0) is 43.0 Å². The van der Waals surface area contributed by atoms with E-state index in [1.54, 1.807) is 23.1 Å². The molecule has 0 bridgehead atoms. The molecule has 2 aromatic carbocycles. The van der Waals surface area contributed by atoms with E-state index in [2.05, 4.69) is 23.5 Å². The van der Waals surface area contributed by atoms with E-state index in [0.717, 1.165) is 12.1 Å². The molecule has 2 aromatic rings. The monoisotopic (exact) mass is 412 g/mol. The number of nitrogens with two attached hydrogens (primary N) is 1. The molecule has 1 aliphatic heterocycles. The van der Waals surface area contributed by atoms with Crippen LogP contribution in [0.3, 0.4) is 0 Å². The zero-order valence-corrected chi connectivity index (χ0v) is 17.4.